The van der Waals surface area contributed by atoms with Gasteiger partial charge in [-0.1, -0.05) is 12.1 Å². The first-order valence-electron chi connectivity index (χ1n) is 7.19. The summed E-state index contributed by atoms with van der Waals surface area (Å²) in [6.07, 6.45) is -0.248. The molecule has 116 valence electrons. The van der Waals surface area contributed by atoms with Crippen LogP contribution in [0, 0.1) is 6.92 Å². The lowest BCUT2D eigenvalue weighted by atomic mass is 10.2. The highest BCUT2D eigenvalue weighted by Gasteiger charge is 2.21. The first-order chi connectivity index (χ1) is 10.6. The average Bonchev–Trinajstić information content (AvgIpc) is 3.10. The molecule has 7 heteroatoms. The topological polar surface area (TPSA) is 80.5 Å². The zero-order valence-corrected chi connectivity index (χ0v) is 12.6. The van der Waals surface area contributed by atoms with Gasteiger partial charge in [0.05, 0.1) is 6.54 Å². The summed E-state index contributed by atoms with van der Waals surface area (Å²) in [4.78, 5) is 13.1. The lowest BCUT2D eigenvalue weighted by Crippen LogP contribution is -2.23. The number of amides is 1. The van der Waals surface area contributed by atoms with Gasteiger partial charge in [-0.05, 0) is 24.6 Å². The summed E-state index contributed by atoms with van der Waals surface area (Å²) in [6.45, 7) is 5.41. The van der Waals surface area contributed by atoms with Crippen molar-refractivity contribution in [3.8, 4) is 0 Å². The van der Waals surface area contributed by atoms with E-state index in [1.54, 1.807) is 11.8 Å². The number of hydrogen-bond donors (Lipinski definition) is 1. The molecule has 1 amide bonds. The van der Waals surface area contributed by atoms with E-state index in [0.29, 0.717) is 31.5 Å². The third-order valence-corrected chi connectivity index (χ3v) is 3.47. The summed E-state index contributed by atoms with van der Waals surface area (Å²) >= 11 is 0. The van der Waals surface area contributed by atoms with Crippen molar-refractivity contribution in [3.05, 3.63) is 41.6 Å². The Kier molecular flexibility index (Phi) is 3.95. The van der Waals surface area contributed by atoms with Gasteiger partial charge < -0.3 is 19.4 Å². The molecule has 1 fully saturated rings. The summed E-state index contributed by atoms with van der Waals surface area (Å²) in [7, 11) is 0. The molecule has 1 aromatic carbocycles. The minimum Gasteiger partial charge on any atom is -0.448 e. The number of carbonyl (C=O) groups is 1. The Labute approximate surface area is 128 Å². The molecule has 0 spiro atoms. The maximum Gasteiger partial charge on any atom is 0.410 e. The van der Waals surface area contributed by atoms with Crippen LogP contribution >= 0.6 is 0 Å². The fourth-order valence-electron chi connectivity index (χ4n) is 2.29. The van der Waals surface area contributed by atoms with E-state index in [1.807, 2.05) is 31.2 Å². The van der Waals surface area contributed by atoms with Gasteiger partial charge in [0.1, 0.15) is 12.6 Å². The molecular weight excluding hydrogens is 284 g/mol. The molecule has 1 unspecified atom stereocenters. The van der Waals surface area contributed by atoms with E-state index in [1.165, 1.54) is 0 Å². The van der Waals surface area contributed by atoms with E-state index in [-0.39, 0.29) is 12.1 Å². The highest BCUT2D eigenvalue weighted by molar-refractivity contribution is 5.69. The fourth-order valence-corrected chi connectivity index (χ4v) is 2.29. The molecule has 7 nitrogen and oxygen atoms in total. The zero-order valence-electron chi connectivity index (χ0n) is 12.6. The second kappa shape index (κ2) is 6.05. The zero-order chi connectivity index (χ0) is 15.5. The van der Waals surface area contributed by atoms with Crippen LogP contribution in [0.25, 0.3) is 0 Å². The van der Waals surface area contributed by atoms with Crippen LogP contribution in [0.3, 0.4) is 0 Å². The van der Waals surface area contributed by atoms with E-state index >= 15 is 0 Å². The number of carbonyl (C=O) groups excluding carboxylic acids is 1. The van der Waals surface area contributed by atoms with E-state index < -0.39 is 0 Å². The summed E-state index contributed by atoms with van der Waals surface area (Å²) in [5.41, 5.74) is 2.02. The molecule has 1 aliphatic heterocycles. The predicted molar refractivity (Wildman–Crippen MR) is 79.3 cm³/mol. The standard InChI is InChI=1S/C15H18N4O3/c1-10(14-18-17-11(2)22-14)16-13-5-3-12(4-6-13)9-19-7-8-21-15(19)20/h3-6,10,16H,7-9H2,1-2H3. The molecule has 0 radical (unpaired) electrons. The first-order valence-corrected chi connectivity index (χ1v) is 7.19. The number of nitrogens with one attached hydrogen (secondary N) is 1. The van der Waals surface area contributed by atoms with Crippen LogP contribution in [0.5, 0.6) is 0 Å². The second-order valence-electron chi connectivity index (χ2n) is 5.26. The van der Waals surface area contributed by atoms with Crippen LogP contribution in [-0.2, 0) is 11.3 Å². The number of nitrogens with zero attached hydrogens (tertiary/aromatic N) is 3. The molecule has 0 aliphatic carbocycles. The maximum atomic E-state index is 11.4. The van der Waals surface area contributed by atoms with Crippen molar-refractivity contribution in [2.75, 3.05) is 18.5 Å². The first kappa shape index (κ1) is 14.4. The molecule has 1 N–H and O–H groups in total. The lowest BCUT2D eigenvalue weighted by Gasteiger charge is -2.14. The monoisotopic (exact) mass is 302 g/mol. The Balaban J connectivity index is 1.60. The molecular formula is C15H18N4O3. The highest BCUT2D eigenvalue weighted by atomic mass is 16.6. The van der Waals surface area contributed by atoms with Crippen LogP contribution in [0.4, 0.5) is 10.5 Å². The van der Waals surface area contributed by atoms with Crippen molar-refractivity contribution in [1.82, 2.24) is 15.1 Å². The molecule has 2 heterocycles. The van der Waals surface area contributed by atoms with Crippen LogP contribution in [0.1, 0.15) is 30.3 Å². The second-order valence-corrected chi connectivity index (χ2v) is 5.26. The normalized spacial score (nSPS) is 15.7. The fraction of sp³-hybridized carbons (Fsp3) is 0.400. The van der Waals surface area contributed by atoms with Gasteiger partial charge in [-0.3, -0.25) is 0 Å². The predicted octanol–water partition coefficient (Wildman–Crippen LogP) is 2.50. The molecule has 1 aliphatic rings. The van der Waals surface area contributed by atoms with E-state index in [2.05, 4.69) is 15.5 Å². The Hall–Kier alpha value is -2.57. The quantitative estimate of drug-likeness (QED) is 0.914. The van der Waals surface area contributed by atoms with Gasteiger partial charge in [0.25, 0.3) is 0 Å². The van der Waals surface area contributed by atoms with Crippen molar-refractivity contribution >= 4 is 11.8 Å². The largest absolute Gasteiger partial charge is 0.448 e. The number of ether oxygens (including phenoxy) is 1. The highest BCUT2D eigenvalue weighted by Crippen LogP contribution is 2.19. The lowest BCUT2D eigenvalue weighted by molar-refractivity contribution is 0.157. The maximum absolute atomic E-state index is 11.4. The minimum atomic E-state index is -0.248. The Bertz CT molecular complexity index is 653. The van der Waals surface area contributed by atoms with Crippen LogP contribution in [0.15, 0.2) is 28.7 Å². The minimum absolute atomic E-state index is 0.0689. The summed E-state index contributed by atoms with van der Waals surface area (Å²) in [6, 6.07) is 7.84. The summed E-state index contributed by atoms with van der Waals surface area (Å²) < 4.78 is 10.3. The van der Waals surface area contributed by atoms with Crippen molar-refractivity contribution in [1.29, 1.82) is 0 Å². The molecule has 1 aromatic heterocycles. The van der Waals surface area contributed by atoms with Crippen molar-refractivity contribution in [2.24, 2.45) is 0 Å². The SMILES string of the molecule is Cc1nnc(C(C)Nc2ccc(CN3CCOC3=O)cc2)o1. The van der Waals surface area contributed by atoms with Gasteiger partial charge in [-0.2, -0.15) is 0 Å². The molecule has 22 heavy (non-hydrogen) atoms. The third-order valence-electron chi connectivity index (χ3n) is 3.47. The van der Waals surface area contributed by atoms with Crippen molar-refractivity contribution in [3.63, 3.8) is 0 Å². The number of hydrogen-bond acceptors (Lipinski definition) is 6. The summed E-state index contributed by atoms with van der Waals surface area (Å²) in [5.74, 6) is 1.11. The number of aryl methyl sites for hydroxylation is 1. The van der Waals surface area contributed by atoms with Crippen LogP contribution in [-0.4, -0.2) is 34.3 Å². The van der Waals surface area contributed by atoms with Gasteiger partial charge in [0.2, 0.25) is 11.8 Å². The van der Waals surface area contributed by atoms with Gasteiger partial charge >= 0.3 is 6.09 Å². The molecule has 0 saturated carbocycles. The molecule has 1 atom stereocenters. The number of rotatable bonds is 5. The Morgan fingerprint density at radius 2 is 2.09 bits per heavy atom. The molecule has 3 rings (SSSR count). The number of aromatic nitrogens is 2. The Morgan fingerprint density at radius 1 is 1.32 bits per heavy atom. The number of benzene rings is 1. The van der Waals surface area contributed by atoms with E-state index in [0.717, 1.165) is 11.3 Å². The number of cyclic esters (lactones) is 1. The third kappa shape index (κ3) is 3.19. The van der Waals surface area contributed by atoms with Crippen LogP contribution < -0.4 is 5.32 Å². The average molecular weight is 302 g/mol. The smallest absolute Gasteiger partial charge is 0.410 e. The molecule has 0 bridgehead atoms. The Morgan fingerprint density at radius 3 is 2.68 bits per heavy atom. The van der Waals surface area contributed by atoms with E-state index in [9.17, 15) is 4.79 Å². The summed E-state index contributed by atoms with van der Waals surface area (Å²) in [5, 5.41) is 11.1. The van der Waals surface area contributed by atoms with Gasteiger partial charge in [0.15, 0.2) is 0 Å². The van der Waals surface area contributed by atoms with Gasteiger partial charge in [0, 0.05) is 19.2 Å². The van der Waals surface area contributed by atoms with Gasteiger partial charge in [-0.25, -0.2) is 4.79 Å². The van der Waals surface area contributed by atoms with Crippen molar-refractivity contribution < 1.29 is 13.9 Å². The van der Waals surface area contributed by atoms with Gasteiger partial charge in [-0.15, -0.1) is 10.2 Å². The van der Waals surface area contributed by atoms with E-state index in [4.69, 9.17) is 9.15 Å². The number of anilines is 1. The van der Waals surface area contributed by atoms with Crippen LogP contribution in [0.2, 0.25) is 0 Å². The molecule has 1 saturated heterocycles. The van der Waals surface area contributed by atoms with Crippen molar-refractivity contribution in [2.45, 2.75) is 26.4 Å². The molecule has 2 aromatic rings.